The van der Waals surface area contributed by atoms with Gasteiger partial charge in [-0.1, -0.05) is 12.1 Å². The van der Waals surface area contributed by atoms with Crippen LogP contribution in [0.5, 0.6) is 0 Å². The highest BCUT2D eigenvalue weighted by Gasteiger charge is 2.02. The van der Waals surface area contributed by atoms with E-state index in [4.69, 9.17) is 5.73 Å². The van der Waals surface area contributed by atoms with Crippen LogP contribution in [0.25, 0.3) is 11.1 Å². The molecule has 76 valence electrons. The van der Waals surface area contributed by atoms with E-state index in [1.54, 1.807) is 6.20 Å². The average Bonchev–Trinajstić information content (AvgIpc) is 2.20. The van der Waals surface area contributed by atoms with E-state index in [9.17, 15) is 4.79 Å². The second-order valence-electron chi connectivity index (χ2n) is 3.35. The number of anilines is 1. The zero-order valence-electron chi connectivity index (χ0n) is 8.32. The largest absolute Gasteiger partial charge is 0.399 e. The molecule has 1 aromatic heterocycles. The second kappa shape index (κ2) is 3.57. The number of nitrogens with two attached hydrogens (primary N) is 1. The Balaban J connectivity index is 2.54. The molecular formula is C11H11N3O. The van der Waals surface area contributed by atoms with E-state index in [1.807, 2.05) is 31.2 Å². The van der Waals surface area contributed by atoms with Gasteiger partial charge in [-0.25, -0.2) is 9.78 Å². The van der Waals surface area contributed by atoms with Gasteiger partial charge in [0.2, 0.25) is 0 Å². The number of rotatable bonds is 1. The zero-order chi connectivity index (χ0) is 10.8. The summed E-state index contributed by atoms with van der Waals surface area (Å²) < 4.78 is 0. The minimum absolute atomic E-state index is 0.327. The Bertz CT molecular complexity index is 528. The topological polar surface area (TPSA) is 71.8 Å². The molecule has 0 aliphatic heterocycles. The van der Waals surface area contributed by atoms with Crippen molar-refractivity contribution in [3.05, 3.63) is 46.6 Å². The van der Waals surface area contributed by atoms with Crippen LogP contribution in [0.3, 0.4) is 0 Å². The summed E-state index contributed by atoms with van der Waals surface area (Å²) >= 11 is 0. The molecule has 1 heterocycles. The minimum Gasteiger partial charge on any atom is -0.399 e. The predicted octanol–water partition coefficient (Wildman–Crippen LogP) is 1.33. The molecule has 2 aromatic rings. The number of nitrogen functional groups attached to an aromatic ring is 1. The van der Waals surface area contributed by atoms with Gasteiger partial charge < -0.3 is 10.7 Å². The summed E-state index contributed by atoms with van der Waals surface area (Å²) in [5.74, 6) is 0. The number of nitrogens with zero attached hydrogens (tertiary/aromatic N) is 1. The van der Waals surface area contributed by atoms with E-state index in [1.165, 1.54) is 0 Å². The maximum absolute atomic E-state index is 10.9. The smallest absolute Gasteiger partial charge is 0.345 e. The summed E-state index contributed by atoms with van der Waals surface area (Å²) in [5.41, 5.74) is 8.69. The predicted molar refractivity (Wildman–Crippen MR) is 59.4 cm³/mol. The molecular weight excluding hydrogens is 190 g/mol. The average molecular weight is 201 g/mol. The Morgan fingerprint density at radius 1 is 1.27 bits per heavy atom. The highest BCUT2D eigenvalue weighted by Crippen LogP contribution is 2.20. The molecule has 1 aromatic carbocycles. The van der Waals surface area contributed by atoms with Crippen LogP contribution in [0.2, 0.25) is 0 Å². The van der Waals surface area contributed by atoms with Gasteiger partial charge >= 0.3 is 5.69 Å². The number of aromatic nitrogens is 2. The lowest BCUT2D eigenvalue weighted by Gasteiger charge is -2.04. The maximum Gasteiger partial charge on any atom is 0.345 e. The van der Waals surface area contributed by atoms with Crippen LogP contribution in [0, 0.1) is 6.92 Å². The van der Waals surface area contributed by atoms with Gasteiger partial charge in [-0.05, 0) is 24.6 Å². The molecule has 0 atom stereocenters. The van der Waals surface area contributed by atoms with Gasteiger partial charge in [-0.15, -0.1) is 0 Å². The summed E-state index contributed by atoms with van der Waals surface area (Å²) in [6.07, 6.45) is 1.57. The monoisotopic (exact) mass is 201 g/mol. The van der Waals surface area contributed by atoms with Crippen molar-refractivity contribution >= 4 is 5.69 Å². The van der Waals surface area contributed by atoms with Gasteiger partial charge in [0, 0.05) is 23.1 Å². The highest BCUT2D eigenvalue weighted by atomic mass is 16.1. The lowest BCUT2D eigenvalue weighted by Crippen LogP contribution is -2.11. The van der Waals surface area contributed by atoms with E-state index in [2.05, 4.69) is 9.97 Å². The van der Waals surface area contributed by atoms with Crippen molar-refractivity contribution in [3.8, 4) is 11.1 Å². The van der Waals surface area contributed by atoms with Crippen molar-refractivity contribution in [2.24, 2.45) is 0 Å². The third kappa shape index (κ3) is 1.88. The highest BCUT2D eigenvalue weighted by molar-refractivity contribution is 5.66. The first kappa shape index (κ1) is 9.45. The third-order valence-corrected chi connectivity index (χ3v) is 2.23. The van der Waals surface area contributed by atoms with Crippen molar-refractivity contribution in [2.45, 2.75) is 6.92 Å². The van der Waals surface area contributed by atoms with E-state index >= 15 is 0 Å². The fourth-order valence-corrected chi connectivity index (χ4v) is 1.43. The number of H-pyrrole nitrogens is 1. The van der Waals surface area contributed by atoms with E-state index in [0.29, 0.717) is 5.69 Å². The minimum atomic E-state index is -0.327. The molecule has 0 bridgehead atoms. The molecule has 2 rings (SSSR count). The van der Waals surface area contributed by atoms with E-state index < -0.39 is 0 Å². The number of nitrogens with one attached hydrogen (secondary N) is 1. The summed E-state index contributed by atoms with van der Waals surface area (Å²) in [6.45, 7) is 1.84. The van der Waals surface area contributed by atoms with Crippen LogP contribution < -0.4 is 11.4 Å². The Morgan fingerprint density at radius 2 is 1.93 bits per heavy atom. The number of hydrogen-bond donors (Lipinski definition) is 2. The number of aromatic amines is 1. The van der Waals surface area contributed by atoms with Crippen LogP contribution in [0.4, 0.5) is 5.69 Å². The quantitative estimate of drug-likeness (QED) is 0.683. The first-order chi connectivity index (χ1) is 7.16. The van der Waals surface area contributed by atoms with Gasteiger partial charge in [0.15, 0.2) is 0 Å². The van der Waals surface area contributed by atoms with Gasteiger partial charge in [-0.2, -0.15) is 0 Å². The number of aryl methyl sites for hydroxylation is 1. The second-order valence-corrected chi connectivity index (χ2v) is 3.35. The molecule has 0 saturated heterocycles. The lowest BCUT2D eigenvalue weighted by atomic mass is 10.1. The molecule has 0 amide bonds. The van der Waals surface area contributed by atoms with Crippen LogP contribution in [-0.4, -0.2) is 9.97 Å². The fourth-order valence-electron chi connectivity index (χ4n) is 1.43. The molecule has 15 heavy (non-hydrogen) atoms. The van der Waals surface area contributed by atoms with Gasteiger partial charge in [0.25, 0.3) is 0 Å². The van der Waals surface area contributed by atoms with Gasteiger partial charge in [0.1, 0.15) is 0 Å². The molecule has 4 heteroatoms. The Labute approximate surface area is 86.8 Å². The molecule has 3 N–H and O–H groups in total. The normalized spacial score (nSPS) is 10.2. The molecule has 0 spiro atoms. The number of hydrogen-bond acceptors (Lipinski definition) is 3. The SMILES string of the molecule is Cc1[nH]c(=O)ncc1-c1ccc(N)cc1. The van der Waals surface area contributed by atoms with Crippen molar-refractivity contribution < 1.29 is 0 Å². The first-order valence-corrected chi connectivity index (χ1v) is 4.58. The van der Waals surface area contributed by atoms with Crippen molar-refractivity contribution in [3.63, 3.8) is 0 Å². The zero-order valence-corrected chi connectivity index (χ0v) is 8.32. The van der Waals surface area contributed by atoms with E-state index in [-0.39, 0.29) is 5.69 Å². The van der Waals surface area contributed by atoms with Crippen molar-refractivity contribution in [1.82, 2.24) is 9.97 Å². The van der Waals surface area contributed by atoms with Crippen LogP contribution in [0.1, 0.15) is 5.69 Å². The summed E-state index contributed by atoms with van der Waals surface area (Å²) in [4.78, 5) is 17.3. The van der Waals surface area contributed by atoms with Gasteiger partial charge in [0.05, 0.1) is 0 Å². The van der Waals surface area contributed by atoms with E-state index in [0.717, 1.165) is 16.8 Å². The van der Waals surface area contributed by atoms with Crippen molar-refractivity contribution in [1.29, 1.82) is 0 Å². The first-order valence-electron chi connectivity index (χ1n) is 4.58. The summed E-state index contributed by atoms with van der Waals surface area (Å²) in [7, 11) is 0. The van der Waals surface area contributed by atoms with Crippen LogP contribution in [-0.2, 0) is 0 Å². The maximum atomic E-state index is 10.9. The summed E-state index contributed by atoms with van der Waals surface area (Å²) in [5, 5.41) is 0. The molecule has 0 aliphatic rings. The van der Waals surface area contributed by atoms with Crippen LogP contribution in [0.15, 0.2) is 35.3 Å². The standard InChI is InChI=1S/C11H11N3O/c1-7-10(6-13-11(15)14-7)8-2-4-9(12)5-3-8/h2-6H,12H2,1H3,(H,13,14,15). The lowest BCUT2D eigenvalue weighted by molar-refractivity contribution is 1.03. The third-order valence-electron chi connectivity index (χ3n) is 2.23. The summed E-state index contributed by atoms with van der Waals surface area (Å²) in [6, 6.07) is 7.44. The molecule has 4 nitrogen and oxygen atoms in total. The Hall–Kier alpha value is -2.10. The van der Waals surface area contributed by atoms with Crippen LogP contribution >= 0.6 is 0 Å². The Morgan fingerprint density at radius 3 is 2.53 bits per heavy atom. The Kier molecular flexibility index (Phi) is 2.25. The molecule has 0 saturated carbocycles. The number of benzene rings is 1. The fraction of sp³-hybridized carbons (Fsp3) is 0.0909. The molecule has 0 unspecified atom stereocenters. The molecule has 0 aliphatic carbocycles. The van der Waals surface area contributed by atoms with Gasteiger partial charge in [-0.3, -0.25) is 0 Å². The van der Waals surface area contributed by atoms with Crippen molar-refractivity contribution in [2.75, 3.05) is 5.73 Å². The molecule has 0 fully saturated rings. The molecule has 0 radical (unpaired) electrons.